The number of H-pyrrole nitrogens is 2. The number of amides is 1. The molecule has 2 aliphatic heterocycles. The van der Waals surface area contributed by atoms with Crippen LogP contribution in [0.5, 0.6) is 0 Å². The number of carbonyl (C=O) groups excluding carboxylic acids is 1. The Morgan fingerprint density at radius 3 is 2.18 bits per heavy atom. The number of hydrogen-bond acceptors (Lipinski definition) is 5. The second-order valence-electron chi connectivity index (χ2n) is 11.2. The normalized spacial score (nSPS) is 19.1. The summed E-state index contributed by atoms with van der Waals surface area (Å²) >= 11 is 0. The predicted molar refractivity (Wildman–Crippen MR) is 151 cm³/mol. The molecular weight excluding hydrogens is 488 g/mol. The van der Waals surface area contributed by atoms with Crippen LogP contribution < -0.4 is 5.32 Å². The van der Waals surface area contributed by atoms with Crippen LogP contribution in [0, 0.1) is 23.7 Å². The quantitative estimate of drug-likeness (QED) is 0.310. The highest BCUT2D eigenvalue weighted by molar-refractivity contribution is 5.78. The molecule has 2 saturated heterocycles. The van der Waals surface area contributed by atoms with Gasteiger partial charge in [-0.2, -0.15) is 0 Å². The van der Waals surface area contributed by atoms with Gasteiger partial charge in [-0.15, -0.1) is 0 Å². The molecule has 0 unspecified atom stereocenters. The van der Waals surface area contributed by atoms with Gasteiger partial charge in [-0.3, -0.25) is 4.90 Å². The number of carbonyl (C=O) groups is 1. The van der Waals surface area contributed by atoms with Crippen molar-refractivity contribution >= 4 is 28.2 Å². The number of likely N-dealkylation sites (tertiary alicyclic amines) is 1. The number of hydrogen-bond donors (Lipinski definition) is 3. The standard InChI is InChI=1S/C31H32N6O2/c1-31(2,3)39-30(38)37-17-7-11-27(37)29-34-23-15-13-21(19-26(23)36-29)9-5-4-8-20-12-14-22-25(18-20)35-28(33-22)24-10-6-16-32-24/h12-15,18-19,24,27,32H,6-7,10-11,16-17H2,1-3H3,(H,33,35)(H,34,36)/t24-,27-/m0/s1. The van der Waals surface area contributed by atoms with Crippen molar-refractivity contribution in [3.8, 4) is 23.7 Å². The summed E-state index contributed by atoms with van der Waals surface area (Å²) in [6.07, 6.45) is 3.76. The second kappa shape index (κ2) is 10.1. The molecule has 39 heavy (non-hydrogen) atoms. The number of nitrogens with one attached hydrogen (secondary N) is 3. The molecule has 8 nitrogen and oxygen atoms in total. The van der Waals surface area contributed by atoms with Crippen molar-refractivity contribution in [3.05, 3.63) is 59.2 Å². The van der Waals surface area contributed by atoms with E-state index in [1.54, 1.807) is 4.90 Å². The maximum absolute atomic E-state index is 12.7. The Bertz CT molecular complexity index is 1660. The van der Waals surface area contributed by atoms with Crippen LogP contribution in [0.25, 0.3) is 22.1 Å². The van der Waals surface area contributed by atoms with E-state index in [1.807, 2.05) is 57.2 Å². The highest BCUT2D eigenvalue weighted by Gasteiger charge is 2.35. The average Bonchev–Trinajstić information content (AvgIpc) is 3.70. The van der Waals surface area contributed by atoms with Crippen molar-refractivity contribution in [3.63, 3.8) is 0 Å². The van der Waals surface area contributed by atoms with E-state index in [4.69, 9.17) is 14.7 Å². The number of rotatable bonds is 2. The molecule has 0 bridgehead atoms. The van der Waals surface area contributed by atoms with Gasteiger partial charge in [0, 0.05) is 17.7 Å². The zero-order chi connectivity index (χ0) is 27.0. The zero-order valence-electron chi connectivity index (χ0n) is 22.5. The van der Waals surface area contributed by atoms with Crippen molar-refractivity contribution in [2.45, 2.75) is 64.1 Å². The number of aromatic nitrogens is 4. The minimum absolute atomic E-state index is 0.120. The summed E-state index contributed by atoms with van der Waals surface area (Å²) in [5.74, 6) is 14.0. The Morgan fingerprint density at radius 2 is 1.56 bits per heavy atom. The van der Waals surface area contributed by atoms with Crippen molar-refractivity contribution < 1.29 is 9.53 Å². The van der Waals surface area contributed by atoms with Gasteiger partial charge in [0.1, 0.15) is 17.2 Å². The minimum Gasteiger partial charge on any atom is -0.444 e. The van der Waals surface area contributed by atoms with E-state index in [2.05, 4.69) is 39.0 Å². The molecule has 0 saturated carbocycles. The van der Waals surface area contributed by atoms with E-state index in [0.29, 0.717) is 12.6 Å². The first-order chi connectivity index (χ1) is 18.8. The Kier molecular flexibility index (Phi) is 6.50. The highest BCUT2D eigenvalue weighted by atomic mass is 16.6. The van der Waals surface area contributed by atoms with Crippen molar-refractivity contribution in [1.29, 1.82) is 0 Å². The first kappa shape index (κ1) is 25.0. The molecule has 2 atom stereocenters. The third-order valence-corrected chi connectivity index (χ3v) is 7.06. The molecule has 3 N–H and O–H groups in total. The lowest BCUT2D eigenvalue weighted by Crippen LogP contribution is -2.36. The van der Waals surface area contributed by atoms with Crippen LogP contribution in [0.3, 0.4) is 0 Å². The maximum Gasteiger partial charge on any atom is 0.410 e. The summed E-state index contributed by atoms with van der Waals surface area (Å²) in [5.41, 5.74) is 4.89. The van der Waals surface area contributed by atoms with E-state index < -0.39 is 5.60 Å². The minimum atomic E-state index is -0.531. The summed E-state index contributed by atoms with van der Waals surface area (Å²) in [4.78, 5) is 30.8. The third-order valence-electron chi connectivity index (χ3n) is 7.06. The predicted octanol–water partition coefficient (Wildman–Crippen LogP) is 5.34. The van der Waals surface area contributed by atoms with Crippen LogP contribution in [0.2, 0.25) is 0 Å². The van der Waals surface area contributed by atoms with Crippen LogP contribution >= 0.6 is 0 Å². The lowest BCUT2D eigenvalue weighted by atomic mass is 10.2. The highest BCUT2D eigenvalue weighted by Crippen LogP contribution is 2.33. The Labute approximate surface area is 227 Å². The van der Waals surface area contributed by atoms with Crippen LogP contribution in [0.15, 0.2) is 36.4 Å². The number of ether oxygens (including phenoxy) is 1. The van der Waals surface area contributed by atoms with Gasteiger partial charge >= 0.3 is 6.09 Å². The molecule has 4 heterocycles. The largest absolute Gasteiger partial charge is 0.444 e. The van der Waals surface area contributed by atoms with Crippen LogP contribution in [-0.2, 0) is 4.74 Å². The lowest BCUT2D eigenvalue weighted by molar-refractivity contribution is 0.0219. The first-order valence-electron chi connectivity index (χ1n) is 13.6. The molecule has 2 aliphatic rings. The number of aromatic amines is 2. The molecule has 2 fully saturated rings. The van der Waals surface area contributed by atoms with Gasteiger partial charge in [0.2, 0.25) is 0 Å². The first-order valence-corrected chi connectivity index (χ1v) is 13.6. The van der Waals surface area contributed by atoms with Gasteiger partial charge in [0.25, 0.3) is 0 Å². The van der Waals surface area contributed by atoms with Crippen LogP contribution in [0.1, 0.15) is 81.3 Å². The number of imidazole rings is 2. The third kappa shape index (κ3) is 5.48. The monoisotopic (exact) mass is 520 g/mol. The molecule has 6 rings (SSSR count). The fourth-order valence-electron chi connectivity index (χ4n) is 5.25. The molecule has 0 spiro atoms. The summed E-state index contributed by atoms with van der Waals surface area (Å²) in [6.45, 7) is 7.35. The molecule has 4 aromatic rings. The van der Waals surface area contributed by atoms with Crippen molar-refractivity contribution in [2.75, 3.05) is 13.1 Å². The Hall–Kier alpha value is -4.27. The van der Waals surface area contributed by atoms with Crippen LogP contribution in [0.4, 0.5) is 4.79 Å². The average molecular weight is 521 g/mol. The topological polar surface area (TPSA) is 98.9 Å². The zero-order valence-corrected chi connectivity index (χ0v) is 22.5. The molecule has 2 aromatic carbocycles. The maximum atomic E-state index is 12.7. The molecule has 0 radical (unpaired) electrons. The Morgan fingerprint density at radius 1 is 0.923 bits per heavy atom. The lowest BCUT2D eigenvalue weighted by Gasteiger charge is -2.27. The van der Waals surface area contributed by atoms with Gasteiger partial charge < -0.3 is 20.0 Å². The molecule has 1 amide bonds. The number of benzene rings is 2. The van der Waals surface area contributed by atoms with Crippen LogP contribution in [-0.4, -0.2) is 49.6 Å². The van der Waals surface area contributed by atoms with E-state index in [0.717, 1.165) is 70.6 Å². The van der Waals surface area contributed by atoms with E-state index in [1.165, 1.54) is 6.42 Å². The second-order valence-corrected chi connectivity index (χ2v) is 11.2. The fraction of sp³-hybridized carbons (Fsp3) is 0.387. The number of nitrogens with zero attached hydrogens (tertiary/aromatic N) is 3. The van der Waals surface area contributed by atoms with Gasteiger partial charge in [0.05, 0.1) is 34.2 Å². The van der Waals surface area contributed by atoms with Gasteiger partial charge in [0.15, 0.2) is 0 Å². The molecule has 8 heteroatoms. The molecular formula is C31H32N6O2. The van der Waals surface area contributed by atoms with Crippen molar-refractivity contribution in [1.82, 2.24) is 30.2 Å². The fourth-order valence-corrected chi connectivity index (χ4v) is 5.25. The summed E-state index contributed by atoms with van der Waals surface area (Å²) in [6, 6.07) is 12.1. The van der Waals surface area contributed by atoms with Crippen molar-refractivity contribution in [2.24, 2.45) is 0 Å². The van der Waals surface area contributed by atoms with Gasteiger partial charge in [-0.25, -0.2) is 14.8 Å². The molecule has 198 valence electrons. The SMILES string of the molecule is CC(C)(C)OC(=O)N1CCC[C@H]1c1nc2ccc(C#CC#Cc3ccc4nc([C@@H]5CCCN5)[nH]c4c3)cc2[nH]1. The molecule has 2 aromatic heterocycles. The smallest absolute Gasteiger partial charge is 0.410 e. The van der Waals surface area contributed by atoms with Gasteiger partial charge in [-0.1, -0.05) is 11.8 Å². The van der Waals surface area contributed by atoms with E-state index in [-0.39, 0.29) is 12.1 Å². The summed E-state index contributed by atoms with van der Waals surface area (Å²) in [5, 5.41) is 3.48. The molecule has 0 aliphatic carbocycles. The van der Waals surface area contributed by atoms with E-state index >= 15 is 0 Å². The summed E-state index contributed by atoms with van der Waals surface area (Å²) < 4.78 is 5.60. The Balaban J connectivity index is 1.16. The summed E-state index contributed by atoms with van der Waals surface area (Å²) in [7, 11) is 0. The number of fused-ring (bicyclic) bond motifs is 2. The van der Waals surface area contributed by atoms with E-state index in [9.17, 15) is 4.79 Å². The van der Waals surface area contributed by atoms with Gasteiger partial charge in [-0.05, 0) is 101 Å².